The second-order valence-corrected chi connectivity index (χ2v) is 13.2. The molecule has 8 heteroatoms. The van der Waals surface area contributed by atoms with Gasteiger partial charge in [-0.1, -0.05) is 111 Å². The normalized spacial score (nSPS) is 22.9. The van der Waals surface area contributed by atoms with Crippen LogP contribution in [0.4, 0.5) is 0 Å². The first-order valence-electron chi connectivity index (χ1n) is 12.9. The summed E-state index contributed by atoms with van der Waals surface area (Å²) in [6.45, 7) is 0. The van der Waals surface area contributed by atoms with Gasteiger partial charge in [-0.05, 0) is 62.7 Å². The van der Waals surface area contributed by atoms with E-state index in [1.54, 1.807) is 0 Å². The number of benzene rings is 5. The fraction of sp³-hybridized carbons (Fsp3) is 0.0606. The van der Waals surface area contributed by atoms with Crippen molar-refractivity contribution < 1.29 is 23.3 Å². The Hall–Kier alpha value is -3.32. The standard InChI is InChI=1S/C33H21Br2O5P/c34-24-11-13-26-22(15-24)17-28(20-7-3-1-4-8-20)32-30(26)31-27-14-12-25(35)16-23(27)18-29(21-9-5-2-6-10-21)33(31,19-36)40-41(37,38)39-32/h1-19,29H,(H,37,38)/t29?,33-/m1/s1. The summed E-state index contributed by atoms with van der Waals surface area (Å²) in [6.07, 6.45) is 2.58. The van der Waals surface area contributed by atoms with Crippen molar-refractivity contribution in [2.45, 2.75) is 11.5 Å². The molecule has 0 amide bonds. The number of rotatable bonds is 3. The van der Waals surface area contributed by atoms with E-state index in [4.69, 9.17) is 9.05 Å². The summed E-state index contributed by atoms with van der Waals surface area (Å²) >= 11 is 7.19. The number of hydrogen-bond acceptors (Lipinski definition) is 4. The van der Waals surface area contributed by atoms with Crippen LogP contribution in [0, 0.1) is 0 Å². The van der Waals surface area contributed by atoms with Crippen LogP contribution in [0.1, 0.15) is 17.0 Å². The Morgan fingerprint density at radius 1 is 0.854 bits per heavy atom. The molecular weight excluding hydrogens is 667 g/mol. The van der Waals surface area contributed by atoms with Gasteiger partial charge in [0.2, 0.25) is 0 Å². The number of phosphoric acid groups is 1. The fourth-order valence-electron chi connectivity index (χ4n) is 6.02. The molecule has 1 heterocycles. The van der Waals surface area contributed by atoms with E-state index in [9.17, 15) is 14.3 Å². The van der Waals surface area contributed by atoms with Crippen molar-refractivity contribution in [3.8, 4) is 16.9 Å². The number of phosphoric ester groups is 1. The summed E-state index contributed by atoms with van der Waals surface area (Å²) in [4.78, 5) is 24.8. The van der Waals surface area contributed by atoms with Gasteiger partial charge in [0.15, 0.2) is 11.9 Å². The molecule has 1 N–H and O–H groups in total. The van der Waals surface area contributed by atoms with Gasteiger partial charge in [-0.3, -0.25) is 14.2 Å². The van der Waals surface area contributed by atoms with Crippen LogP contribution in [-0.4, -0.2) is 16.8 Å². The van der Waals surface area contributed by atoms with Crippen molar-refractivity contribution in [1.29, 1.82) is 0 Å². The van der Waals surface area contributed by atoms with E-state index in [1.165, 1.54) is 0 Å². The average molecular weight is 688 g/mol. The van der Waals surface area contributed by atoms with Crippen LogP contribution in [-0.2, 0) is 13.9 Å². The first-order chi connectivity index (χ1) is 19.8. The number of hydrogen-bond donors (Lipinski definition) is 1. The number of carbonyl (C=O) groups is 1. The fourth-order valence-corrected chi connectivity index (χ4v) is 7.86. The first-order valence-corrected chi connectivity index (χ1v) is 16.0. The highest BCUT2D eigenvalue weighted by molar-refractivity contribution is 9.10. The first kappa shape index (κ1) is 26.6. The van der Waals surface area contributed by atoms with Gasteiger partial charge < -0.3 is 4.52 Å². The smallest absolute Gasteiger partial charge is 0.403 e. The molecule has 0 fully saturated rings. The SMILES string of the molecule is O=C[C@]12OP(=O)(O)Oc3c(-c4ccccc4)cc4cc(Br)ccc4c3C1=c1ccc(Br)cc1=CC2c1ccccc1. The monoisotopic (exact) mass is 686 g/mol. The molecule has 2 aliphatic rings. The summed E-state index contributed by atoms with van der Waals surface area (Å²) < 4.78 is 27.7. The van der Waals surface area contributed by atoms with Crippen molar-refractivity contribution in [2.75, 3.05) is 0 Å². The Morgan fingerprint density at radius 2 is 1.54 bits per heavy atom. The predicted molar refractivity (Wildman–Crippen MR) is 167 cm³/mol. The maximum atomic E-state index is 13.9. The van der Waals surface area contributed by atoms with Gasteiger partial charge in [0.1, 0.15) is 5.75 Å². The molecule has 5 aromatic carbocycles. The van der Waals surface area contributed by atoms with Crippen molar-refractivity contribution in [2.24, 2.45) is 0 Å². The summed E-state index contributed by atoms with van der Waals surface area (Å²) in [5, 5.41) is 3.21. The Kier molecular flexibility index (Phi) is 6.42. The lowest BCUT2D eigenvalue weighted by Crippen LogP contribution is -2.50. The highest BCUT2D eigenvalue weighted by Gasteiger charge is 2.54. The minimum absolute atomic E-state index is 0.193. The molecule has 202 valence electrons. The lowest BCUT2D eigenvalue weighted by atomic mass is 9.70. The van der Waals surface area contributed by atoms with E-state index >= 15 is 0 Å². The number of fused-ring (bicyclic) bond motifs is 6. The molecule has 2 unspecified atom stereocenters. The van der Waals surface area contributed by atoms with Crippen LogP contribution >= 0.6 is 39.7 Å². The highest BCUT2D eigenvalue weighted by atomic mass is 79.9. The molecule has 3 atom stereocenters. The van der Waals surface area contributed by atoms with E-state index in [0.717, 1.165) is 36.1 Å². The van der Waals surface area contributed by atoms with Crippen LogP contribution in [0.2, 0.25) is 0 Å². The van der Waals surface area contributed by atoms with Crippen molar-refractivity contribution >= 4 is 68.4 Å². The zero-order chi connectivity index (χ0) is 28.4. The number of aldehydes is 1. The lowest BCUT2D eigenvalue weighted by Gasteiger charge is -2.38. The minimum atomic E-state index is -4.84. The van der Waals surface area contributed by atoms with Gasteiger partial charge in [-0.2, -0.15) is 0 Å². The number of halogens is 2. The second-order valence-electron chi connectivity index (χ2n) is 10.1. The third-order valence-electron chi connectivity index (χ3n) is 7.68. The molecule has 1 aliphatic carbocycles. The third kappa shape index (κ3) is 4.35. The molecular formula is C33H21Br2O5P. The second kappa shape index (κ2) is 9.90. The van der Waals surface area contributed by atoms with Gasteiger partial charge >= 0.3 is 7.82 Å². The molecule has 0 radical (unpaired) electrons. The maximum absolute atomic E-state index is 13.9. The third-order valence-corrected chi connectivity index (χ3v) is 9.61. The molecule has 0 aromatic heterocycles. The summed E-state index contributed by atoms with van der Waals surface area (Å²) in [6, 6.07) is 32.5. The predicted octanol–water partition coefficient (Wildman–Crippen LogP) is 7.26. The van der Waals surface area contributed by atoms with Crippen molar-refractivity contribution in [3.63, 3.8) is 0 Å². The maximum Gasteiger partial charge on any atom is 0.528 e. The largest absolute Gasteiger partial charge is 0.528 e. The lowest BCUT2D eigenvalue weighted by molar-refractivity contribution is -0.118. The zero-order valence-corrected chi connectivity index (χ0v) is 25.4. The molecule has 0 spiro atoms. The van der Waals surface area contributed by atoms with Gasteiger partial charge in [-0.25, -0.2) is 4.57 Å². The van der Waals surface area contributed by atoms with E-state index in [0.29, 0.717) is 28.2 Å². The molecule has 1 aliphatic heterocycles. The molecule has 5 nitrogen and oxygen atoms in total. The van der Waals surface area contributed by atoms with Crippen LogP contribution in [0.3, 0.4) is 0 Å². The molecule has 0 bridgehead atoms. The quantitative estimate of drug-likeness (QED) is 0.160. The highest BCUT2D eigenvalue weighted by Crippen LogP contribution is 2.61. The Morgan fingerprint density at radius 3 is 2.27 bits per heavy atom. The van der Waals surface area contributed by atoms with E-state index in [2.05, 4.69) is 31.9 Å². The van der Waals surface area contributed by atoms with E-state index in [-0.39, 0.29) is 5.75 Å². The Balaban J connectivity index is 1.74. The Labute approximate surface area is 252 Å². The summed E-state index contributed by atoms with van der Waals surface area (Å²) in [5.41, 5.74) is 1.33. The molecule has 7 rings (SSSR count). The van der Waals surface area contributed by atoms with Crippen molar-refractivity contribution in [3.05, 3.63) is 134 Å². The summed E-state index contributed by atoms with van der Waals surface area (Å²) in [5.74, 6) is -0.530. The zero-order valence-electron chi connectivity index (χ0n) is 21.3. The van der Waals surface area contributed by atoms with Crippen molar-refractivity contribution in [1.82, 2.24) is 0 Å². The van der Waals surface area contributed by atoms with Crippen LogP contribution < -0.4 is 15.0 Å². The van der Waals surface area contributed by atoms with Gasteiger partial charge in [0.05, 0.1) is 0 Å². The topological polar surface area (TPSA) is 72.8 Å². The molecule has 5 aromatic rings. The minimum Gasteiger partial charge on any atom is -0.403 e. The Bertz CT molecular complexity index is 2050. The van der Waals surface area contributed by atoms with E-state index in [1.807, 2.05) is 109 Å². The van der Waals surface area contributed by atoms with Crippen LogP contribution in [0.25, 0.3) is 33.5 Å². The van der Waals surface area contributed by atoms with Gasteiger partial charge in [-0.15, -0.1) is 0 Å². The van der Waals surface area contributed by atoms with Gasteiger partial charge in [0, 0.05) is 31.6 Å². The molecule has 41 heavy (non-hydrogen) atoms. The molecule has 0 saturated carbocycles. The average Bonchev–Trinajstić information content (AvgIpc) is 3.08. The molecule has 0 saturated heterocycles. The van der Waals surface area contributed by atoms with Gasteiger partial charge in [0.25, 0.3) is 0 Å². The summed E-state index contributed by atoms with van der Waals surface area (Å²) in [7, 11) is -4.84. The van der Waals surface area contributed by atoms with E-state index < -0.39 is 19.3 Å². The van der Waals surface area contributed by atoms with Crippen LogP contribution in [0.15, 0.2) is 112 Å². The van der Waals surface area contributed by atoms with Crippen LogP contribution in [0.5, 0.6) is 5.75 Å². The number of carbonyl (C=O) groups excluding carboxylic acids is 1.